The number of anilines is 1. The van der Waals surface area contributed by atoms with Gasteiger partial charge in [-0.15, -0.1) is 0 Å². The summed E-state index contributed by atoms with van der Waals surface area (Å²) in [6, 6.07) is 20.6. The number of ketones is 1. The molecule has 1 aliphatic heterocycles. The number of aliphatic hydroxyl groups is 1. The Labute approximate surface area is 176 Å². The molecule has 0 unspecified atom stereocenters. The number of carbonyl (C=O) groups is 2. The molecule has 0 saturated heterocycles. The molecule has 0 spiro atoms. The van der Waals surface area contributed by atoms with Gasteiger partial charge in [-0.1, -0.05) is 66.2 Å². The molecule has 0 saturated carbocycles. The summed E-state index contributed by atoms with van der Waals surface area (Å²) >= 11 is 0. The quantitative estimate of drug-likeness (QED) is 0.637. The van der Waals surface area contributed by atoms with Crippen LogP contribution < -0.4 is 4.90 Å². The molecule has 3 aromatic rings. The van der Waals surface area contributed by atoms with Gasteiger partial charge in [0.15, 0.2) is 11.4 Å². The number of carbonyl (C=O) groups excluding carboxylic acids is 2. The summed E-state index contributed by atoms with van der Waals surface area (Å²) in [6.45, 7) is 6.19. The van der Waals surface area contributed by atoms with Crippen molar-refractivity contribution in [2.24, 2.45) is 0 Å². The van der Waals surface area contributed by atoms with Crippen LogP contribution in [0.5, 0.6) is 0 Å². The second-order valence-electron chi connectivity index (χ2n) is 8.11. The van der Waals surface area contributed by atoms with E-state index in [0.29, 0.717) is 23.4 Å². The van der Waals surface area contributed by atoms with Gasteiger partial charge in [-0.05, 0) is 43.5 Å². The number of aryl methyl sites for hydroxylation is 3. The van der Waals surface area contributed by atoms with Crippen LogP contribution in [0.15, 0.2) is 66.7 Å². The van der Waals surface area contributed by atoms with Gasteiger partial charge in [0, 0.05) is 11.1 Å². The Morgan fingerprint density at radius 2 is 1.63 bits per heavy atom. The SMILES string of the molecule is Cc1ccc(C(=O)C[C@]2(O)C(=O)N(Cc3ccccc3C)c3ccccc32)c(C)c1. The Bertz CT molecular complexity index is 1150. The van der Waals surface area contributed by atoms with Gasteiger partial charge in [0.1, 0.15) is 0 Å². The largest absolute Gasteiger partial charge is 0.375 e. The Hall–Kier alpha value is -3.24. The Morgan fingerprint density at radius 3 is 2.37 bits per heavy atom. The van der Waals surface area contributed by atoms with Crippen LogP contribution in [0.4, 0.5) is 5.69 Å². The van der Waals surface area contributed by atoms with Crippen LogP contribution >= 0.6 is 0 Å². The van der Waals surface area contributed by atoms with Crippen LogP contribution in [0.1, 0.15) is 44.6 Å². The van der Waals surface area contributed by atoms with Crippen LogP contribution in [0.3, 0.4) is 0 Å². The van der Waals surface area contributed by atoms with Gasteiger partial charge in [-0.25, -0.2) is 0 Å². The number of hydrogen-bond donors (Lipinski definition) is 1. The summed E-state index contributed by atoms with van der Waals surface area (Å²) in [7, 11) is 0. The van der Waals surface area contributed by atoms with Crippen molar-refractivity contribution in [2.75, 3.05) is 4.90 Å². The minimum absolute atomic E-state index is 0.240. The van der Waals surface area contributed by atoms with Crippen molar-refractivity contribution in [2.45, 2.75) is 39.3 Å². The second kappa shape index (κ2) is 7.54. The standard InChI is InChI=1S/C26H25NO3/c1-17-12-13-21(19(3)14-17)24(28)15-26(30)22-10-6-7-11-23(22)27(25(26)29)16-20-9-5-4-8-18(20)2/h4-14,30H,15-16H2,1-3H3/t26-/m1/s1. The maximum absolute atomic E-state index is 13.4. The monoisotopic (exact) mass is 399 g/mol. The molecule has 0 radical (unpaired) electrons. The molecule has 1 atom stereocenters. The second-order valence-corrected chi connectivity index (χ2v) is 8.11. The molecule has 30 heavy (non-hydrogen) atoms. The highest BCUT2D eigenvalue weighted by atomic mass is 16.3. The zero-order valence-electron chi connectivity index (χ0n) is 17.5. The van der Waals surface area contributed by atoms with E-state index in [9.17, 15) is 14.7 Å². The molecule has 4 heteroatoms. The fraction of sp³-hybridized carbons (Fsp3) is 0.231. The van der Waals surface area contributed by atoms with Crippen molar-refractivity contribution in [1.82, 2.24) is 0 Å². The Kier molecular flexibility index (Phi) is 5.04. The molecular formula is C26H25NO3. The summed E-state index contributed by atoms with van der Waals surface area (Å²) in [4.78, 5) is 28.1. The fourth-order valence-corrected chi connectivity index (χ4v) is 4.25. The summed E-state index contributed by atoms with van der Waals surface area (Å²) in [5.41, 5.74) is 3.80. The summed E-state index contributed by atoms with van der Waals surface area (Å²) in [5, 5.41) is 11.5. The maximum atomic E-state index is 13.4. The lowest BCUT2D eigenvalue weighted by atomic mass is 9.87. The Morgan fingerprint density at radius 1 is 0.933 bits per heavy atom. The summed E-state index contributed by atoms with van der Waals surface area (Å²) < 4.78 is 0. The molecule has 4 nitrogen and oxygen atoms in total. The fourth-order valence-electron chi connectivity index (χ4n) is 4.25. The van der Waals surface area contributed by atoms with Gasteiger partial charge >= 0.3 is 0 Å². The van der Waals surface area contributed by atoms with E-state index in [1.54, 1.807) is 23.1 Å². The molecular weight excluding hydrogens is 374 g/mol. The maximum Gasteiger partial charge on any atom is 0.264 e. The molecule has 3 aromatic carbocycles. The number of benzene rings is 3. The molecule has 1 heterocycles. The number of fused-ring (bicyclic) bond motifs is 1. The van der Waals surface area contributed by atoms with Crippen molar-refractivity contribution >= 4 is 17.4 Å². The van der Waals surface area contributed by atoms with E-state index in [0.717, 1.165) is 22.3 Å². The predicted molar refractivity (Wildman–Crippen MR) is 118 cm³/mol. The third-order valence-electron chi connectivity index (χ3n) is 5.93. The molecule has 1 N–H and O–H groups in total. The third kappa shape index (κ3) is 3.33. The Balaban J connectivity index is 1.70. The zero-order chi connectivity index (χ0) is 21.5. The smallest absolute Gasteiger partial charge is 0.264 e. The summed E-state index contributed by atoms with van der Waals surface area (Å²) in [5.74, 6) is -0.694. The topological polar surface area (TPSA) is 57.6 Å². The molecule has 0 aromatic heterocycles. The molecule has 4 rings (SSSR count). The van der Waals surface area contributed by atoms with Crippen molar-refractivity contribution in [3.63, 3.8) is 0 Å². The van der Waals surface area contributed by atoms with Crippen LogP contribution in [0, 0.1) is 20.8 Å². The highest BCUT2D eigenvalue weighted by molar-refractivity contribution is 6.11. The predicted octanol–water partition coefficient (Wildman–Crippen LogP) is 4.62. The van der Waals surface area contributed by atoms with E-state index in [4.69, 9.17) is 0 Å². The van der Waals surface area contributed by atoms with Gasteiger partial charge in [-0.3, -0.25) is 9.59 Å². The van der Waals surface area contributed by atoms with Gasteiger partial charge in [-0.2, -0.15) is 0 Å². The normalized spacial score (nSPS) is 17.9. The van der Waals surface area contributed by atoms with Crippen LogP contribution in [-0.2, 0) is 16.9 Å². The lowest BCUT2D eigenvalue weighted by Gasteiger charge is -2.23. The van der Waals surface area contributed by atoms with E-state index in [1.165, 1.54) is 0 Å². The van der Waals surface area contributed by atoms with Gasteiger partial charge in [0.2, 0.25) is 0 Å². The zero-order valence-corrected chi connectivity index (χ0v) is 17.5. The lowest BCUT2D eigenvalue weighted by Crippen LogP contribution is -2.41. The van der Waals surface area contributed by atoms with E-state index < -0.39 is 11.5 Å². The first-order valence-corrected chi connectivity index (χ1v) is 10.1. The molecule has 152 valence electrons. The molecule has 0 bridgehead atoms. The number of nitrogens with zero attached hydrogens (tertiary/aromatic N) is 1. The van der Waals surface area contributed by atoms with Crippen molar-refractivity contribution in [3.8, 4) is 0 Å². The van der Waals surface area contributed by atoms with Crippen LogP contribution in [-0.4, -0.2) is 16.8 Å². The first-order chi connectivity index (χ1) is 14.3. The lowest BCUT2D eigenvalue weighted by molar-refractivity contribution is -0.136. The number of rotatable bonds is 5. The number of amides is 1. The van der Waals surface area contributed by atoms with E-state index >= 15 is 0 Å². The summed E-state index contributed by atoms with van der Waals surface area (Å²) in [6.07, 6.45) is -0.281. The molecule has 1 amide bonds. The first-order valence-electron chi connectivity index (χ1n) is 10.1. The number of hydrogen-bond acceptors (Lipinski definition) is 3. The minimum atomic E-state index is -1.87. The van der Waals surface area contributed by atoms with Gasteiger partial charge in [0.25, 0.3) is 5.91 Å². The number of para-hydroxylation sites is 1. The third-order valence-corrected chi connectivity index (χ3v) is 5.93. The van der Waals surface area contributed by atoms with E-state index in [-0.39, 0.29) is 12.2 Å². The molecule has 1 aliphatic rings. The van der Waals surface area contributed by atoms with E-state index in [2.05, 4.69) is 0 Å². The van der Waals surface area contributed by atoms with Crippen molar-refractivity contribution in [3.05, 3.63) is 100 Å². The van der Waals surface area contributed by atoms with Gasteiger partial charge in [0.05, 0.1) is 18.7 Å². The minimum Gasteiger partial charge on any atom is -0.375 e. The molecule has 0 aliphatic carbocycles. The highest BCUT2D eigenvalue weighted by Gasteiger charge is 2.50. The van der Waals surface area contributed by atoms with Crippen molar-refractivity contribution < 1.29 is 14.7 Å². The highest BCUT2D eigenvalue weighted by Crippen LogP contribution is 2.43. The number of Topliss-reactive ketones (excluding diaryl/α,β-unsaturated/α-hetero) is 1. The van der Waals surface area contributed by atoms with E-state index in [1.807, 2.05) is 69.3 Å². The first kappa shape index (κ1) is 20.0. The van der Waals surface area contributed by atoms with Crippen LogP contribution in [0.25, 0.3) is 0 Å². The van der Waals surface area contributed by atoms with Crippen LogP contribution in [0.2, 0.25) is 0 Å². The average Bonchev–Trinajstić information content (AvgIpc) is 2.91. The van der Waals surface area contributed by atoms with Crippen molar-refractivity contribution in [1.29, 1.82) is 0 Å². The van der Waals surface area contributed by atoms with Gasteiger partial charge < -0.3 is 10.0 Å². The average molecular weight is 399 g/mol. The molecule has 0 fully saturated rings.